The van der Waals surface area contributed by atoms with Gasteiger partial charge in [0.15, 0.2) is 11.5 Å². The molecule has 31 heavy (non-hydrogen) atoms. The third kappa shape index (κ3) is 2.84. The van der Waals surface area contributed by atoms with Gasteiger partial charge in [-0.1, -0.05) is 54.5 Å². The van der Waals surface area contributed by atoms with Crippen molar-refractivity contribution in [3.8, 4) is 11.3 Å². The molecule has 6 rings (SSSR count). The van der Waals surface area contributed by atoms with Crippen LogP contribution in [-0.2, 0) is 0 Å². The third-order valence-electron chi connectivity index (χ3n) is 6.43. The lowest BCUT2D eigenvalue weighted by Crippen LogP contribution is -2.34. The number of carbonyl (C=O) groups excluding carboxylic acids is 1. The van der Waals surface area contributed by atoms with Crippen molar-refractivity contribution in [2.24, 2.45) is 5.92 Å². The van der Waals surface area contributed by atoms with Crippen LogP contribution < -0.4 is 10.2 Å². The van der Waals surface area contributed by atoms with Gasteiger partial charge in [0.1, 0.15) is 5.52 Å². The van der Waals surface area contributed by atoms with Gasteiger partial charge >= 0.3 is 0 Å². The average molecular weight is 409 g/mol. The number of fused-ring (bicyclic) bond motifs is 2. The molecule has 0 bridgehead atoms. The summed E-state index contributed by atoms with van der Waals surface area (Å²) in [6.07, 6.45) is 2.39. The molecule has 5 heteroatoms. The molecule has 5 nitrogen and oxygen atoms in total. The van der Waals surface area contributed by atoms with Gasteiger partial charge in [-0.3, -0.25) is 4.79 Å². The second-order valence-corrected chi connectivity index (χ2v) is 8.61. The van der Waals surface area contributed by atoms with Crippen LogP contribution in [0, 0.1) is 5.92 Å². The van der Waals surface area contributed by atoms with Crippen LogP contribution >= 0.6 is 0 Å². The molecule has 1 aliphatic heterocycles. The number of rotatable bonds is 3. The van der Waals surface area contributed by atoms with Gasteiger partial charge in [0.2, 0.25) is 0 Å². The molecule has 2 heterocycles. The number of hydrogen-bond acceptors (Lipinski definition) is 5. The van der Waals surface area contributed by atoms with Gasteiger partial charge in [-0.05, 0) is 37.0 Å². The van der Waals surface area contributed by atoms with E-state index in [1.54, 1.807) is 0 Å². The van der Waals surface area contributed by atoms with Crippen LogP contribution in [0.25, 0.3) is 22.2 Å². The summed E-state index contributed by atoms with van der Waals surface area (Å²) in [7, 11) is 0. The zero-order valence-electron chi connectivity index (χ0n) is 17.4. The maximum Gasteiger partial charge on any atom is 0.196 e. The van der Waals surface area contributed by atoms with Gasteiger partial charge in [-0.25, -0.2) is 0 Å². The Morgan fingerprint density at radius 2 is 1.84 bits per heavy atom. The van der Waals surface area contributed by atoms with E-state index >= 15 is 0 Å². The number of ketones is 1. The molecule has 1 unspecified atom stereocenters. The summed E-state index contributed by atoms with van der Waals surface area (Å²) >= 11 is 0. The Kier molecular flexibility index (Phi) is 4.10. The Labute approximate surface area is 180 Å². The van der Waals surface area contributed by atoms with Crippen LogP contribution in [0.5, 0.6) is 0 Å². The molecule has 1 saturated heterocycles. The zero-order chi connectivity index (χ0) is 20.9. The molecule has 1 atom stereocenters. The number of nitrogens with zero attached hydrogens (tertiary/aromatic N) is 2. The molecule has 0 saturated carbocycles. The van der Waals surface area contributed by atoms with E-state index in [1.165, 1.54) is 6.42 Å². The van der Waals surface area contributed by atoms with Crippen LogP contribution in [-0.4, -0.2) is 24.0 Å². The van der Waals surface area contributed by atoms with Crippen molar-refractivity contribution in [3.05, 3.63) is 71.8 Å². The van der Waals surface area contributed by atoms with Crippen molar-refractivity contribution in [1.29, 1.82) is 0 Å². The number of para-hydroxylation sites is 1. The van der Waals surface area contributed by atoms with E-state index in [0.29, 0.717) is 22.8 Å². The van der Waals surface area contributed by atoms with E-state index in [1.807, 2.05) is 54.6 Å². The van der Waals surface area contributed by atoms with Crippen molar-refractivity contribution >= 4 is 33.7 Å². The number of piperidine rings is 1. The summed E-state index contributed by atoms with van der Waals surface area (Å²) < 4.78 is 5.88. The fourth-order valence-electron chi connectivity index (χ4n) is 4.97. The highest BCUT2D eigenvalue weighted by atomic mass is 16.5. The highest BCUT2D eigenvalue weighted by Gasteiger charge is 2.34. The first-order valence-corrected chi connectivity index (χ1v) is 10.9. The van der Waals surface area contributed by atoms with Gasteiger partial charge < -0.3 is 14.7 Å². The number of nitrogens with one attached hydrogen (secondary N) is 1. The van der Waals surface area contributed by atoms with Crippen molar-refractivity contribution < 1.29 is 9.32 Å². The van der Waals surface area contributed by atoms with Crippen molar-refractivity contribution in [2.75, 3.05) is 23.3 Å². The van der Waals surface area contributed by atoms with E-state index in [0.717, 1.165) is 53.0 Å². The lowest BCUT2D eigenvalue weighted by molar-refractivity contribution is 0.104. The van der Waals surface area contributed by atoms with Gasteiger partial charge in [-0.2, -0.15) is 0 Å². The molecule has 154 valence electrons. The standard InChI is InChI=1S/C26H23N3O2/c1-16-8-7-13-29(15-16)21-14-20(27-17-9-3-2-4-10-17)22-23-24(21)28-31-26(23)19-12-6-5-11-18(19)25(22)30/h2-6,9-12,14,16,27H,7-8,13,15H2,1H3. The quantitative estimate of drug-likeness (QED) is 0.395. The maximum atomic E-state index is 13.6. The van der Waals surface area contributed by atoms with Crippen molar-refractivity contribution in [2.45, 2.75) is 19.8 Å². The van der Waals surface area contributed by atoms with E-state index in [-0.39, 0.29) is 5.78 Å². The minimum atomic E-state index is 0.00768. The normalized spacial score (nSPS) is 17.6. The largest absolute Gasteiger partial charge is 0.369 e. The average Bonchev–Trinajstić information content (AvgIpc) is 3.24. The number of anilines is 3. The minimum absolute atomic E-state index is 0.00768. The summed E-state index contributed by atoms with van der Waals surface area (Å²) in [6, 6.07) is 19.7. The summed E-state index contributed by atoms with van der Waals surface area (Å²) in [6.45, 7) is 4.25. The lowest BCUT2D eigenvalue weighted by Gasteiger charge is -2.33. The summed E-state index contributed by atoms with van der Waals surface area (Å²) in [4.78, 5) is 16.0. The predicted octanol–water partition coefficient (Wildman–Crippen LogP) is 6.02. The first-order chi connectivity index (χ1) is 15.2. The lowest BCUT2D eigenvalue weighted by atomic mass is 9.86. The second kappa shape index (κ2) is 6.98. The molecule has 0 amide bonds. The molecular weight excluding hydrogens is 386 g/mol. The summed E-state index contributed by atoms with van der Waals surface area (Å²) in [5, 5.41) is 8.79. The highest BCUT2D eigenvalue weighted by Crippen LogP contribution is 2.46. The van der Waals surface area contributed by atoms with Gasteiger partial charge in [-0.15, -0.1) is 0 Å². The van der Waals surface area contributed by atoms with Crippen LogP contribution in [0.3, 0.4) is 0 Å². The molecule has 1 N–H and O–H groups in total. The number of benzene rings is 3. The Hall–Kier alpha value is -3.60. The molecule has 0 radical (unpaired) electrons. The SMILES string of the molecule is CC1CCCN(c2cc(Nc3ccccc3)c3c4c(onc24)-c2ccccc2C3=O)C1. The molecule has 2 aliphatic rings. The first kappa shape index (κ1) is 18.2. The van der Waals surface area contributed by atoms with Gasteiger partial charge in [0.25, 0.3) is 0 Å². The number of carbonyl (C=O) groups is 1. The first-order valence-electron chi connectivity index (χ1n) is 10.9. The molecule has 0 spiro atoms. The monoisotopic (exact) mass is 409 g/mol. The fourth-order valence-corrected chi connectivity index (χ4v) is 4.97. The second-order valence-electron chi connectivity index (χ2n) is 8.61. The fraction of sp³-hybridized carbons (Fsp3) is 0.231. The van der Waals surface area contributed by atoms with Crippen molar-refractivity contribution in [1.82, 2.24) is 5.16 Å². The topological polar surface area (TPSA) is 58.4 Å². The van der Waals surface area contributed by atoms with E-state index in [4.69, 9.17) is 4.52 Å². The molecular formula is C26H23N3O2. The zero-order valence-corrected chi connectivity index (χ0v) is 17.4. The van der Waals surface area contributed by atoms with Crippen LogP contribution in [0.4, 0.5) is 17.1 Å². The maximum absolute atomic E-state index is 13.6. The highest BCUT2D eigenvalue weighted by molar-refractivity contribution is 6.28. The van der Waals surface area contributed by atoms with Gasteiger partial charge in [0, 0.05) is 29.9 Å². The third-order valence-corrected chi connectivity index (χ3v) is 6.43. The van der Waals surface area contributed by atoms with Crippen LogP contribution in [0.15, 0.2) is 65.2 Å². The van der Waals surface area contributed by atoms with Gasteiger partial charge in [0.05, 0.1) is 22.3 Å². The predicted molar refractivity (Wildman–Crippen MR) is 123 cm³/mol. The molecule has 3 aromatic carbocycles. The molecule has 1 fully saturated rings. The Balaban J connectivity index is 1.62. The van der Waals surface area contributed by atoms with E-state index < -0.39 is 0 Å². The number of aromatic nitrogens is 1. The molecule has 4 aromatic rings. The Morgan fingerprint density at radius 1 is 1.06 bits per heavy atom. The van der Waals surface area contributed by atoms with Crippen LogP contribution in [0.1, 0.15) is 35.7 Å². The van der Waals surface area contributed by atoms with E-state index in [2.05, 4.69) is 28.4 Å². The summed E-state index contributed by atoms with van der Waals surface area (Å²) in [5.74, 6) is 1.31. The minimum Gasteiger partial charge on any atom is -0.369 e. The van der Waals surface area contributed by atoms with Crippen LogP contribution in [0.2, 0.25) is 0 Å². The Morgan fingerprint density at radius 3 is 2.65 bits per heavy atom. The summed E-state index contributed by atoms with van der Waals surface area (Å²) in [5.41, 5.74) is 5.67. The van der Waals surface area contributed by atoms with Crippen molar-refractivity contribution in [3.63, 3.8) is 0 Å². The Bertz CT molecular complexity index is 1310. The number of hydrogen-bond donors (Lipinski definition) is 1. The molecule has 1 aliphatic carbocycles. The van der Waals surface area contributed by atoms with E-state index in [9.17, 15) is 4.79 Å². The molecule has 1 aromatic heterocycles. The smallest absolute Gasteiger partial charge is 0.196 e.